The molecule has 0 aromatic heterocycles. The average Bonchev–Trinajstić information content (AvgIpc) is 2.45. The lowest BCUT2D eigenvalue weighted by Gasteiger charge is -2.32. The van der Waals surface area contributed by atoms with Crippen molar-refractivity contribution in [2.45, 2.75) is 47.0 Å². The molecule has 0 saturated carbocycles. The normalized spacial score (nSPS) is 16.3. The molecule has 0 amide bonds. The van der Waals surface area contributed by atoms with Gasteiger partial charge >= 0.3 is 0 Å². The average molecular weight is 260 g/mol. The minimum Gasteiger partial charge on any atom is -0.385 e. The summed E-state index contributed by atoms with van der Waals surface area (Å²) >= 11 is 0. The van der Waals surface area contributed by atoms with Crippen molar-refractivity contribution in [2.24, 2.45) is 0 Å². The molecule has 0 aromatic rings. The Kier molecular flexibility index (Phi) is 18.9. The first-order valence-electron chi connectivity index (χ1n) is 7.73. The molecule has 1 aliphatic rings. The monoisotopic (exact) mass is 260 g/mol. The lowest BCUT2D eigenvalue weighted by atomic mass is 10.2. The van der Waals surface area contributed by atoms with Gasteiger partial charge in [-0.1, -0.05) is 27.7 Å². The van der Waals surface area contributed by atoms with E-state index >= 15 is 0 Å². The van der Waals surface area contributed by atoms with Gasteiger partial charge in [0.1, 0.15) is 0 Å². The molecule has 0 aliphatic carbocycles. The zero-order valence-electron chi connectivity index (χ0n) is 13.7. The highest BCUT2D eigenvalue weighted by Crippen LogP contribution is 2.03. The zero-order chi connectivity index (χ0) is 14.2. The van der Waals surface area contributed by atoms with Crippen molar-refractivity contribution in [3.63, 3.8) is 0 Å². The molecule has 1 heterocycles. The second kappa shape index (κ2) is 16.9. The van der Waals surface area contributed by atoms with Crippen molar-refractivity contribution in [3.8, 4) is 0 Å². The van der Waals surface area contributed by atoms with E-state index in [1.165, 1.54) is 52.0 Å². The number of nitrogens with zero attached hydrogens (tertiary/aromatic N) is 2. The van der Waals surface area contributed by atoms with Gasteiger partial charge in [-0.25, -0.2) is 0 Å². The Bertz CT molecular complexity index is 134. The molecule has 3 heteroatoms. The predicted molar refractivity (Wildman–Crippen MR) is 82.4 cm³/mol. The van der Waals surface area contributed by atoms with Gasteiger partial charge in [0.25, 0.3) is 0 Å². The van der Waals surface area contributed by atoms with Gasteiger partial charge in [0.15, 0.2) is 0 Å². The number of methoxy groups -OCH3 is 1. The smallest absolute Gasteiger partial charge is 0.0462 e. The van der Waals surface area contributed by atoms with Gasteiger partial charge in [0.2, 0.25) is 0 Å². The van der Waals surface area contributed by atoms with E-state index < -0.39 is 0 Å². The summed E-state index contributed by atoms with van der Waals surface area (Å²) in [5.74, 6) is 0. The summed E-state index contributed by atoms with van der Waals surface area (Å²) in [6.07, 6.45) is 3.84. The van der Waals surface area contributed by atoms with Gasteiger partial charge in [-0.2, -0.15) is 0 Å². The first kappa shape index (κ1) is 20.2. The molecular formula is C15H36N2O. The molecule has 18 heavy (non-hydrogen) atoms. The summed E-state index contributed by atoms with van der Waals surface area (Å²) in [6.45, 7) is 15.2. The van der Waals surface area contributed by atoms with Gasteiger partial charge < -0.3 is 14.5 Å². The standard InChI is InChI=1S/C11H24N2O.2C2H6/c1-12-7-9-13(10-8-12)6-4-3-5-11-14-2;2*1-2/h3-11H2,1-2H3;2*1-2H3. The van der Waals surface area contributed by atoms with E-state index in [0.717, 1.165) is 6.61 Å². The number of rotatable bonds is 6. The molecule has 3 nitrogen and oxygen atoms in total. The molecule has 1 aliphatic heterocycles. The molecule has 0 unspecified atom stereocenters. The quantitative estimate of drug-likeness (QED) is 0.683. The van der Waals surface area contributed by atoms with Crippen LogP contribution in [0.3, 0.4) is 0 Å². The minimum atomic E-state index is 0.919. The third-order valence-electron chi connectivity index (χ3n) is 2.92. The first-order valence-corrected chi connectivity index (χ1v) is 7.73. The van der Waals surface area contributed by atoms with E-state index in [1.54, 1.807) is 7.11 Å². The Morgan fingerprint density at radius 1 is 0.833 bits per heavy atom. The number of piperazine rings is 1. The van der Waals surface area contributed by atoms with Crippen LogP contribution >= 0.6 is 0 Å². The second-order valence-corrected chi connectivity index (χ2v) is 4.20. The maximum Gasteiger partial charge on any atom is 0.0462 e. The topological polar surface area (TPSA) is 15.7 Å². The van der Waals surface area contributed by atoms with Crippen LogP contribution in [-0.2, 0) is 4.74 Å². The summed E-state index contributed by atoms with van der Waals surface area (Å²) in [4.78, 5) is 4.98. The van der Waals surface area contributed by atoms with Crippen molar-refractivity contribution in [2.75, 3.05) is 53.5 Å². The Labute approximate surface area is 115 Å². The molecule has 1 rings (SSSR count). The van der Waals surface area contributed by atoms with Crippen LogP contribution in [0.15, 0.2) is 0 Å². The Hall–Kier alpha value is -0.120. The van der Waals surface area contributed by atoms with E-state index in [4.69, 9.17) is 4.74 Å². The summed E-state index contributed by atoms with van der Waals surface area (Å²) in [6, 6.07) is 0. The van der Waals surface area contributed by atoms with Crippen LogP contribution in [0, 0.1) is 0 Å². The van der Waals surface area contributed by atoms with Crippen LogP contribution in [0.25, 0.3) is 0 Å². The largest absolute Gasteiger partial charge is 0.385 e. The fourth-order valence-corrected chi connectivity index (χ4v) is 1.83. The Morgan fingerprint density at radius 2 is 1.39 bits per heavy atom. The molecule has 0 aromatic carbocycles. The van der Waals surface area contributed by atoms with Crippen LogP contribution < -0.4 is 0 Å². The maximum absolute atomic E-state index is 5.03. The van der Waals surface area contributed by atoms with Gasteiger partial charge in [-0.3, -0.25) is 0 Å². The lowest BCUT2D eigenvalue weighted by molar-refractivity contribution is 0.149. The van der Waals surface area contributed by atoms with Gasteiger partial charge in [0, 0.05) is 39.9 Å². The Balaban J connectivity index is 0. The molecule has 0 N–H and O–H groups in total. The molecule has 112 valence electrons. The van der Waals surface area contributed by atoms with E-state index in [1.807, 2.05) is 27.7 Å². The number of likely N-dealkylation sites (N-methyl/N-ethyl adjacent to an activating group) is 1. The SMILES string of the molecule is CC.CC.COCCCCCN1CCN(C)CC1. The first-order chi connectivity index (χ1) is 8.83. The van der Waals surface area contributed by atoms with Crippen molar-refractivity contribution in [1.29, 1.82) is 0 Å². The fraction of sp³-hybridized carbons (Fsp3) is 1.00. The lowest BCUT2D eigenvalue weighted by Crippen LogP contribution is -2.44. The zero-order valence-corrected chi connectivity index (χ0v) is 13.7. The molecule has 0 atom stereocenters. The van der Waals surface area contributed by atoms with E-state index in [2.05, 4.69) is 16.8 Å². The van der Waals surface area contributed by atoms with Gasteiger partial charge in [-0.05, 0) is 32.9 Å². The number of hydrogen-bond donors (Lipinski definition) is 0. The van der Waals surface area contributed by atoms with E-state index in [0.29, 0.717) is 0 Å². The van der Waals surface area contributed by atoms with Gasteiger partial charge in [0.05, 0.1) is 0 Å². The molecular weight excluding hydrogens is 224 g/mol. The summed E-state index contributed by atoms with van der Waals surface area (Å²) in [5.41, 5.74) is 0. The van der Waals surface area contributed by atoms with Crippen LogP contribution in [0.1, 0.15) is 47.0 Å². The minimum absolute atomic E-state index is 0.919. The summed E-state index contributed by atoms with van der Waals surface area (Å²) in [7, 11) is 3.98. The van der Waals surface area contributed by atoms with Crippen LogP contribution in [0.2, 0.25) is 0 Å². The molecule has 1 saturated heterocycles. The highest BCUT2D eigenvalue weighted by atomic mass is 16.5. The van der Waals surface area contributed by atoms with E-state index in [9.17, 15) is 0 Å². The molecule has 0 spiro atoms. The van der Waals surface area contributed by atoms with E-state index in [-0.39, 0.29) is 0 Å². The van der Waals surface area contributed by atoms with Gasteiger partial charge in [-0.15, -0.1) is 0 Å². The summed E-state index contributed by atoms with van der Waals surface area (Å²) < 4.78 is 5.03. The number of unbranched alkanes of at least 4 members (excludes halogenated alkanes) is 2. The third kappa shape index (κ3) is 12.3. The van der Waals surface area contributed by atoms with Crippen molar-refractivity contribution in [3.05, 3.63) is 0 Å². The Morgan fingerprint density at radius 3 is 1.89 bits per heavy atom. The highest BCUT2D eigenvalue weighted by molar-refractivity contribution is 4.68. The predicted octanol–water partition coefficient (Wildman–Crippen LogP) is 3.10. The molecule has 1 fully saturated rings. The molecule has 0 radical (unpaired) electrons. The fourth-order valence-electron chi connectivity index (χ4n) is 1.83. The highest BCUT2D eigenvalue weighted by Gasteiger charge is 2.12. The second-order valence-electron chi connectivity index (χ2n) is 4.20. The number of hydrogen-bond acceptors (Lipinski definition) is 3. The van der Waals surface area contributed by atoms with Crippen molar-refractivity contribution >= 4 is 0 Å². The van der Waals surface area contributed by atoms with Crippen molar-refractivity contribution in [1.82, 2.24) is 9.80 Å². The van der Waals surface area contributed by atoms with Crippen LogP contribution in [0.4, 0.5) is 0 Å². The van der Waals surface area contributed by atoms with Crippen LogP contribution in [0.5, 0.6) is 0 Å². The van der Waals surface area contributed by atoms with Crippen LogP contribution in [-0.4, -0.2) is 63.3 Å². The molecule has 0 bridgehead atoms. The third-order valence-corrected chi connectivity index (χ3v) is 2.92. The summed E-state index contributed by atoms with van der Waals surface area (Å²) in [5, 5.41) is 0. The number of ether oxygens (including phenoxy) is 1. The maximum atomic E-state index is 5.03. The van der Waals surface area contributed by atoms with Crippen molar-refractivity contribution < 1.29 is 4.74 Å².